The summed E-state index contributed by atoms with van der Waals surface area (Å²) in [7, 11) is 0. The number of carbonyl (C=O) groups is 1. The first-order valence-electron chi connectivity index (χ1n) is 4.72. The summed E-state index contributed by atoms with van der Waals surface area (Å²) in [6.07, 6.45) is -7.26. The molecule has 17 heavy (non-hydrogen) atoms. The molecule has 0 amide bonds. The maximum absolute atomic E-state index is 10.9. The smallest absolute Gasteiger partial charge is 0.332 e. The van der Waals surface area contributed by atoms with Crippen LogP contribution in [-0.4, -0.2) is 72.7 Å². The Balaban J connectivity index is 2.89. The van der Waals surface area contributed by atoms with Crippen LogP contribution in [0.25, 0.3) is 0 Å². The molecule has 0 aromatic carbocycles. The lowest BCUT2D eigenvalue weighted by atomic mass is 10.0. The molecular weight excluding hydrogens is 272 g/mol. The Hall–Kier alpha value is -0.0300. The molecule has 1 rings (SSSR count). The zero-order valence-corrected chi connectivity index (χ0v) is 10.3. The molecule has 0 spiro atoms. The Bertz CT molecular complexity index is 298. The molecule has 1 heterocycles. The van der Waals surface area contributed by atoms with Crippen LogP contribution >= 0.6 is 25.3 Å². The van der Waals surface area contributed by atoms with Gasteiger partial charge < -0.3 is 30.3 Å². The highest BCUT2D eigenvalue weighted by Gasteiger charge is 2.55. The molecule has 0 bridgehead atoms. The molecule has 0 radical (unpaired) electrons. The minimum Gasteiger partial charge on any atom is -0.480 e. The summed E-state index contributed by atoms with van der Waals surface area (Å²) in [5, 5.41) is 46.1. The fourth-order valence-corrected chi connectivity index (χ4v) is 2.01. The summed E-state index contributed by atoms with van der Waals surface area (Å²) in [5.74, 6) is -1.46. The van der Waals surface area contributed by atoms with E-state index in [1.165, 1.54) is 0 Å². The van der Waals surface area contributed by atoms with Gasteiger partial charge in [-0.25, -0.2) is 4.79 Å². The molecular formula is C8H14O7S2. The minimum absolute atomic E-state index is 0.694. The summed E-state index contributed by atoms with van der Waals surface area (Å²) in [5.41, 5.74) is 0. The van der Waals surface area contributed by atoms with Crippen molar-refractivity contribution in [3.63, 3.8) is 0 Å². The maximum Gasteiger partial charge on any atom is 0.332 e. The van der Waals surface area contributed by atoms with E-state index in [9.17, 15) is 20.1 Å². The van der Waals surface area contributed by atoms with E-state index in [0.29, 0.717) is 0 Å². The Morgan fingerprint density at radius 3 is 2.29 bits per heavy atom. The van der Waals surface area contributed by atoms with Gasteiger partial charge in [-0.2, -0.15) is 0 Å². The number of rotatable bonds is 4. The number of carboxylic acid groups (broad SMARTS) is 1. The van der Waals surface area contributed by atoms with Crippen molar-refractivity contribution in [2.24, 2.45) is 0 Å². The van der Waals surface area contributed by atoms with Crippen LogP contribution in [0.2, 0.25) is 0 Å². The van der Waals surface area contributed by atoms with Gasteiger partial charge in [-0.15, -0.1) is 25.3 Å². The normalized spacial score (nSPS) is 35.9. The Labute approximate surface area is 108 Å². The highest BCUT2D eigenvalue weighted by Crippen LogP contribution is 2.37. The van der Waals surface area contributed by atoms with Gasteiger partial charge in [0.25, 0.3) is 0 Å². The Morgan fingerprint density at radius 2 is 1.88 bits per heavy atom. The van der Waals surface area contributed by atoms with E-state index >= 15 is 0 Å². The lowest BCUT2D eigenvalue weighted by Gasteiger charge is -2.27. The van der Waals surface area contributed by atoms with Crippen LogP contribution in [-0.2, 0) is 9.53 Å². The number of carboxylic acids is 1. The number of aliphatic hydroxyl groups excluding tert-OH is 4. The average molecular weight is 286 g/mol. The van der Waals surface area contributed by atoms with E-state index < -0.39 is 47.2 Å². The van der Waals surface area contributed by atoms with Crippen molar-refractivity contribution in [1.82, 2.24) is 0 Å². The SMILES string of the molecule is O=C(O)C(S)(S)[C@@H]1O[C@H]([C@H](O)CO)[C@H](O)[C@@H]1O. The molecule has 1 aliphatic rings. The molecule has 0 unspecified atom stereocenters. The molecule has 7 nitrogen and oxygen atoms in total. The molecule has 0 aliphatic carbocycles. The van der Waals surface area contributed by atoms with E-state index in [1.54, 1.807) is 0 Å². The van der Waals surface area contributed by atoms with E-state index in [-0.39, 0.29) is 0 Å². The van der Waals surface area contributed by atoms with Crippen LogP contribution in [0.5, 0.6) is 0 Å². The molecule has 5 atom stereocenters. The van der Waals surface area contributed by atoms with Gasteiger partial charge in [0.1, 0.15) is 30.5 Å². The van der Waals surface area contributed by atoms with Crippen LogP contribution in [0.4, 0.5) is 0 Å². The van der Waals surface area contributed by atoms with Gasteiger partial charge in [-0.1, -0.05) is 0 Å². The van der Waals surface area contributed by atoms with Gasteiger partial charge in [0.2, 0.25) is 0 Å². The van der Waals surface area contributed by atoms with Gasteiger partial charge in [0, 0.05) is 0 Å². The standard InChI is InChI=1S/C8H14O7S2/c9-1-2(10)5-3(11)4(12)6(15-5)8(16,17)7(13)14/h2-6,9-12,16-17H,1H2,(H,13,14)/t2-,3-,4+,5-,6-/m1/s1. The largest absolute Gasteiger partial charge is 0.480 e. The van der Waals surface area contributed by atoms with E-state index in [4.69, 9.17) is 14.9 Å². The zero-order chi connectivity index (χ0) is 13.4. The van der Waals surface area contributed by atoms with Crippen LogP contribution in [0.15, 0.2) is 0 Å². The van der Waals surface area contributed by atoms with E-state index in [1.807, 2.05) is 0 Å². The number of hydrogen-bond donors (Lipinski definition) is 7. The Morgan fingerprint density at radius 1 is 1.35 bits per heavy atom. The topological polar surface area (TPSA) is 127 Å². The second-order valence-electron chi connectivity index (χ2n) is 3.78. The second kappa shape index (κ2) is 5.31. The highest BCUT2D eigenvalue weighted by atomic mass is 32.2. The second-order valence-corrected chi connectivity index (χ2v) is 5.55. The first-order chi connectivity index (χ1) is 7.73. The predicted octanol–water partition coefficient (Wildman–Crippen LogP) is -2.53. The number of thiol groups is 2. The number of hydrogen-bond acceptors (Lipinski definition) is 8. The third-order valence-corrected chi connectivity index (χ3v) is 3.47. The van der Waals surface area contributed by atoms with Crippen LogP contribution in [0, 0.1) is 0 Å². The number of aliphatic carboxylic acids is 1. The molecule has 9 heteroatoms. The fraction of sp³-hybridized carbons (Fsp3) is 0.875. The quantitative estimate of drug-likeness (QED) is 0.224. The van der Waals surface area contributed by atoms with Crippen molar-refractivity contribution < 1.29 is 35.1 Å². The summed E-state index contributed by atoms with van der Waals surface area (Å²) in [6, 6.07) is 0. The average Bonchev–Trinajstić information content (AvgIpc) is 2.55. The summed E-state index contributed by atoms with van der Waals surface area (Å²) >= 11 is 7.48. The lowest BCUT2D eigenvalue weighted by molar-refractivity contribution is -0.143. The molecule has 0 saturated carbocycles. The third kappa shape index (κ3) is 2.70. The van der Waals surface area contributed by atoms with Crippen LogP contribution in [0.3, 0.4) is 0 Å². The molecule has 1 saturated heterocycles. The van der Waals surface area contributed by atoms with Crippen LogP contribution in [0.1, 0.15) is 0 Å². The van der Waals surface area contributed by atoms with Crippen molar-refractivity contribution in [2.45, 2.75) is 34.6 Å². The van der Waals surface area contributed by atoms with Gasteiger partial charge in [-0.3, -0.25) is 0 Å². The van der Waals surface area contributed by atoms with Gasteiger partial charge >= 0.3 is 5.97 Å². The van der Waals surface area contributed by atoms with Crippen molar-refractivity contribution in [2.75, 3.05) is 6.61 Å². The summed E-state index contributed by atoms with van der Waals surface area (Å²) in [6.45, 7) is -0.694. The van der Waals surface area contributed by atoms with Gasteiger partial charge in [0.15, 0.2) is 4.08 Å². The maximum atomic E-state index is 10.9. The molecule has 1 fully saturated rings. The zero-order valence-electron chi connectivity index (χ0n) is 8.54. The first-order valence-corrected chi connectivity index (χ1v) is 5.61. The minimum atomic E-state index is -2.02. The third-order valence-electron chi connectivity index (χ3n) is 2.58. The molecule has 0 aromatic rings. The Kier molecular flexibility index (Phi) is 4.69. The van der Waals surface area contributed by atoms with Gasteiger partial charge in [-0.05, 0) is 0 Å². The van der Waals surface area contributed by atoms with Crippen LogP contribution < -0.4 is 0 Å². The molecule has 1 aliphatic heterocycles. The monoisotopic (exact) mass is 286 g/mol. The highest BCUT2D eigenvalue weighted by molar-refractivity contribution is 8.02. The van der Waals surface area contributed by atoms with Crippen molar-refractivity contribution in [3.05, 3.63) is 0 Å². The van der Waals surface area contributed by atoms with E-state index in [2.05, 4.69) is 25.3 Å². The van der Waals surface area contributed by atoms with Crippen molar-refractivity contribution >= 4 is 31.2 Å². The number of ether oxygens (including phenoxy) is 1. The fourth-order valence-electron chi connectivity index (χ4n) is 1.58. The predicted molar refractivity (Wildman–Crippen MR) is 62.1 cm³/mol. The summed E-state index contributed by atoms with van der Waals surface area (Å²) in [4.78, 5) is 10.9. The molecule has 5 N–H and O–H groups in total. The number of aliphatic hydroxyl groups is 4. The lowest BCUT2D eigenvalue weighted by Crippen LogP contribution is -2.47. The van der Waals surface area contributed by atoms with Crippen molar-refractivity contribution in [3.8, 4) is 0 Å². The molecule has 0 aromatic heterocycles. The summed E-state index contributed by atoms with van der Waals surface area (Å²) < 4.78 is 3.00. The van der Waals surface area contributed by atoms with Crippen molar-refractivity contribution in [1.29, 1.82) is 0 Å². The first kappa shape index (κ1) is 15.0. The van der Waals surface area contributed by atoms with Gasteiger partial charge in [0.05, 0.1) is 6.61 Å². The van der Waals surface area contributed by atoms with E-state index in [0.717, 1.165) is 0 Å². The molecule has 100 valence electrons.